The Labute approximate surface area is 124 Å². The first kappa shape index (κ1) is 12.8. The summed E-state index contributed by atoms with van der Waals surface area (Å²) < 4.78 is 6.12. The fraction of sp³-hybridized carbons (Fsp3) is 0.389. The van der Waals surface area contributed by atoms with Crippen molar-refractivity contribution in [1.82, 2.24) is 4.98 Å². The highest BCUT2D eigenvalue weighted by Crippen LogP contribution is 2.49. The van der Waals surface area contributed by atoms with Gasteiger partial charge in [-0.25, -0.2) is 0 Å². The third-order valence-corrected chi connectivity index (χ3v) is 4.57. The Balaban J connectivity index is 1.76. The second-order valence-electron chi connectivity index (χ2n) is 6.12. The molecule has 1 aromatic carbocycles. The number of hydrogen-bond donors (Lipinski definition) is 1. The number of aliphatic hydroxyl groups is 1. The van der Waals surface area contributed by atoms with Gasteiger partial charge in [0.25, 0.3) is 0 Å². The Morgan fingerprint density at radius 1 is 1.10 bits per heavy atom. The standard InChI is InChI=1S/C18H19NO2/c20-18(9-10-18)16-12-19-11-8-14(16)15-6-1-2-7-17(15)21-13-4-3-5-13/h1-2,6-8,11-13,20H,3-5,9-10H2. The molecule has 3 nitrogen and oxygen atoms in total. The molecule has 0 bridgehead atoms. The first-order valence-electron chi connectivity index (χ1n) is 7.69. The highest BCUT2D eigenvalue weighted by atomic mass is 16.5. The molecule has 4 rings (SSSR count). The van der Waals surface area contributed by atoms with E-state index in [0.29, 0.717) is 6.10 Å². The van der Waals surface area contributed by atoms with Crippen LogP contribution in [0.5, 0.6) is 5.75 Å². The first-order valence-corrected chi connectivity index (χ1v) is 7.69. The Hall–Kier alpha value is -1.87. The lowest BCUT2D eigenvalue weighted by Gasteiger charge is -2.28. The third-order valence-electron chi connectivity index (χ3n) is 4.57. The maximum absolute atomic E-state index is 10.5. The molecule has 1 heterocycles. The molecule has 0 unspecified atom stereocenters. The van der Waals surface area contributed by atoms with Crippen LogP contribution in [0.3, 0.4) is 0 Å². The second-order valence-corrected chi connectivity index (χ2v) is 6.12. The van der Waals surface area contributed by atoms with E-state index in [1.165, 1.54) is 6.42 Å². The molecule has 2 aromatic rings. The van der Waals surface area contributed by atoms with Gasteiger partial charge in [-0.2, -0.15) is 0 Å². The largest absolute Gasteiger partial charge is 0.490 e. The number of ether oxygens (including phenoxy) is 1. The zero-order valence-corrected chi connectivity index (χ0v) is 12.0. The zero-order chi connectivity index (χ0) is 14.3. The maximum Gasteiger partial charge on any atom is 0.127 e. The highest BCUT2D eigenvalue weighted by molar-refractivity contribution is 5.74. The summed E-state index contributed by atoms with van der Waals surface area (Å²) in [6, 6.07) is 10.1. The van der Waals surface area contributed by atoms with E-state index in [2.05, 4.69) is 11.1 Å². The molecule has 0 atom stereocenters. The summed E-state index contributed by atoms with van der Waals surface area (Å²) in [5.74, 6) is 0.916. The molecule has 21 heavy (non-hydrogen) atoms. The van der Waals surface area contributed by atoms with Crippen LogP contribution < -0.4 is 4.74 Å². The van der Waals surface area contributed by atoms with Gasteiger partial charge < -0.3 is 9.84 Å². The number of benzene rings is 1. The van der Waals surface area contributed by atoms with Crippen molar-refractivity contribution in [3.05, 3.63) is 48.3 Å². The van der Waals surface area contributed by atoms with E-state index in [1.54, 1.807) is 12.4 Å². The van der Waals surface area contributed by atoms with Crippen LogP contribution in [0.15, 0.2) is 42.7 Å². The van der Waals surface area contributed by atoms with Crippen LogP contribution in [0.4, 0.5) is 0 Å². The lowest BCUT2D eigenvalue weighted by molar-refractivity contribution is 0.121. The zero-order valence-electron chi connectivity index (χ0n) is 12.0. The van der Waals surface area contributed by atoms with Crippen LogP contribution in [0.1, 0.15) is 37.7 Å². The van der Waals surface area contributed by atoms with Crippen LogP contribution in [0.25, 0.3) is 11.1 Å². The molecular weight excluding hydrogens is 262 g/mol. The van der Waals surface area contributed by atoms with Gasteiger partial charge in [-0.1, -0.05) is 18.2 Å². The molecule has 2 fully saturated rings. The number of aromatic nitrogens is 1. The fourth-order valence-corrected chi connectivity index (χ4v) is 2.85. The van der Waals surface area contributed by atoms with Crippen LogP contribution in [-0.4, -0.2) is 16.2 Å². The van der Waals surface area contributed by atoms with Crippen molar-refractivity contribution < 1.29 is 9.84 Å². The molecule has 2 aliphatic rings. The van der Waals surface area contributed by atoms with E-state index in [9.17, 15) is 5.11 Å². The molecule has 0 saturated heterocycles. The molecule has 0 spiro atoms. The van der Waals surface area contributed by atoms with Crippen molar-refractivity contribution >= 4 is 0 Å². The van der Waals surface area contributed by atoms with Gasteiger partial charge in [-0.15, -0.1) is 0 Å². The van der Waals surface area contributed by atoms with Crippen LogP contribution in [0, 0.1) is 0 Å². The predicted octanol–water partition coefficient (Wildman–Crippen LogP) is 3.66. The summed E-state index contributed by atoms with van der Waals surface area (Å²) in [5, 5.41) is 10.5. The minimum absolute atomic E-state index is 0.348. The molecule has 2 aliphatic carbocycles. The van der Waals surface area contributed by atoms with E-state index >= 15 is 0 Å². The number of hydrogen-bond acceptors (Lipinski definition) is 3. The summed E-state index contributed by atoms with van der Waals surface area (Å²) in [5.41, 5.74) is 2.34. The van der Waals surface area contributed by atoms with E-state index < -0.39 is 5.60 Å². The Kier molecular flexibility index (Phi) is 2.96. The smallest absolute Gasteiger partial charge is 0.127 e. The van der Waals surface area contributed by atoms with E-state index in [4.69, 9.17) is 4.74 Å². The van der Waals surface area contributed by atoms with Gasteiger partial charge in [0.05, 0.1) is 11.7 Å². The van der Waals surface area contributed by atoms with Crippen LogP contribution in [0.2, 0.25) is 0 Å². The van der Waals surface area contributed by atoms with Crippen LogP contribution >= 0.6 is 0 Å². The van der Waals surface area contributed by atoms with Crippen molar-refractivity contribution in [2.24, 2.45) is 0 Å². The molecule has 0 amide bonds. The number of pyridine rings is 1. The molecule has 0 aliphatic heterocycles. The quantitative estimate of drug-likeness (QED) is 0.930. The van der Waals surface area contributed by atoms with E-state index in [0.717, 1.165) is 48.1 Å². The molecule has 108 valence electrons. The SMILES string of the molecule is OC1(c2cnccc2-c2ccccc2OC2CCC2)CC1. The maximum atomic E-state index is 10.5. The van der Waals surface area contributed by atoms with Gasteiger partial charge >= 0.3 is 0 Å². The minimum atomic E-state index is -0.687. The second kappa shape index (κ2) is 4.85. The minimum Gasteiger partial charge on any atom is -0.490 e. The van der Waals surface area contributed by atoms with Gasteiger partial charge in [-0.05, 0) is 49.8 Å². The predicted molar refractivity (Wildman–Crippen MR) is 81.1 cm³/mol. The van der Waals surface area contributed by atoms with Crippen molar-refractivity contribution in [2.45, 2.75) is 43.8 Å². The van der Waals surface area contributed by atoms with Crippen LogP contribution in [-0.2, 0) is 5.60 Å². The summed E-state index contributed by atoms with van der Waals surface area (Å²) in [4.78, 5) is 4.19. The average molecular weight is 281 g/mol. The Bertz CT molecular complexity index is 660. The van der Waals surface area contributed by atoms with Crippen molar-refractivity contribution in [3.63, 3.8) is 0 Å². The van der Waals surface area contributed by atoms with Gasteiger partial charge in [0.1, 0.15) is 5.75 Å². The summed E-state index contributed by atoms with van der Waals surface area (Å²) >= 11 is 0. The number of rotatable bonds is 4. The monoisotopic (exact) mass is 281 g/mol. The molecule has 2 saturated carbocycles. The lowest BCUT2D eigenvalue weighted by atomic mass is 9.94. The highest BCUT2D eigenvalue weighted by Gasteiger charge is 2.44. The summed E-state index contributed by atoms with van der Waals surface area (Å²) in [6.07, 6.45) is 9.10. The van der Waals surface area contributed by atoms with E-state index in [1.807, 2.05) is 24.3 Å². The average Bonchev–Trinajstić information content (AvgIpc) is 3.22. The summed E-state index contributed by atoms with van der Waals surface area (Å²) in [6.45, 7) is 0. The molecule has 3 heteroatoms. The first-order chi connectivity index (χ1) is 10.3. The molecule has 1 aromatic heterocycles. The number of nitrogens with zero attached hydrogens (tertiary/aromatic N) is 1. The van der Waals surface area contributed by atoms with Gasteiger partial charge in [0, 0.05) is 23.5 Å². The van der Waals surface area contributed by atoms with E-state index in [-0.39, 0.29) is 0 Å². The fourth-order valence-electron chi connectivity index (χ4n) is 2.85. The van der Waals surface area contributed by atoms with Gasteiger partial charge in [0.2, 0.25) is 0 Å². The van der Waals surface area contributed by atoms with Crippen molar-refractivity contribution in [1.29, 1.82) is 0 Å². The molecule has 1 N–H and O–H groups in total. The van der Waals surface area contributed by atoms with Gasteiger partial charge in [0.15, 0.2) is 0 Å². The molecular formula is C18H19NO2. The Morgan fingerprint density at radius 2 is 1.90 bits per heavy atom. The Morgan fingerprint density at radius 3 is 2.62 bits per heavy atom. The molecule has 0 radical (unpaired) electrons. The van der Waals surface area contributed by atoms with Gasteiger partial charge in [-0.3, -0.25) is 4.98 Å². The third kappa shape index (κ3) is 2.32. The lowest BCUT2D eigenvalue weighted by Crippen LogP contribution is -2.24. The summed E-state index contributed by atoms with van der Waals surface area (Å²) in [7, 11) is 0. The van der Waals surface area contributed by atoms with Crippen molar-refractivity contribution in [3.8, 4) is 16.9 Å². The number of para-hydroxylation sites is 1. The van der Waals surface area contributed by atoms with Crippen molar-refractivity contribution in [2.75, 3.05) is 0 Å². The topological polar surface area (TPSA) is 42.4 Å². The normalized spacial score (nSPS) is 19.9.